The van der Waals surface area contributed by atoms with Crippen LogP contribution in [0.3, 0.4) is 0 Å². The summed E-state index contributed by atoms with van der Waals surface area (Å²) in [6, 6.07) is 17.2. The van der Waals surface area contributed by atoms with Gasteiger partial charge in [0.15, 0.2) is 0 Å². The molecule has 2 heterocycles. The number of nitrogens with zero attached hydrogens (tertiary/aromatic N) is 3. The number of ether oxygens (including phenoxy) is 1. The molecule has 0 bridgehead atoms. The number of aryl methyl sites for hydroxylation is 2. The summed E-state index contributed by atoms with van der Waals surface area (Å²) >= 11 is 0. The number of likely N-dealkylation sites (tertiary alicyclic amines) is 1. The number of rotatable bonds is 7. The first kappa shape index (κ1) is 22.5. The molecular weight excluding hydrogens is 416 g/mol. The maximum absolute atomic E-state index is 12.7. The van der Waals surface area contributed by atoms with E-state index in [9.17, 15) is 9.59 Å². The molecule has 1 fully saturated rings. The van der Waals surface area contributed by atoms with Gasteiger partial charge in [-0.25, -0.2) is 9.97 Å². The Labute approximate surface area is 193 Å². The molecule has 1 aromatic heterocycles. The van der Waals surface area contributed by atoms with Crippen LogP contribution in [0.15, 0.2) is 60.8 Å². The van der Waals surface area contributed by atoms with E-state index in [4.69, 9.17) is 4.74 Å². The van der Waals surface area contributed by atoms with E-state index in [1.54, 1.807) is 37.6 Å². The monoisotopic (exact) mass is 444 g/mol. The van der Waals surface area contributed by atoms with E-state index in [1.165, 1.54) is 5.56 Å². The van der Waals surface area contributed by atoms with Crippen molar-refractivity contribution in [3.05, 3.63) is 83.4 Å². The van der Waals surface area contributed by atoms with Gasteiger partial charge in [0, 0.05) is 37.3 Å². The summed E-state index contributed by atoms with van der Waals surface area (Å²) in [6.07, 6.45) is 3.65. The van der Waals surface area contributed by atoms with Gasteiger partial charge in [0.2, 0.25) is 5.91 Å². The van der Waals surface area contributed by atoms with Crippen LogP contribution in [-0.4, -0.2) is 46.9 Å². The zero-order valence-electron chi connectivity index (χ0n) is 19.0. The third-order valence-corrected chi connectivity index (χ3v) is 5.97. The van der Waals surface area contributed by atoms with Crippen LogP contribution in [0.2, 0.25) is 0 Å². The van der Waals surface area contributed by atoms with Crippen molar-refractivity contribution in [3.8, 4) is 5.75 Å². The smallest absolute Gasteiger partial charge is 0.259 e. The lowest BCUT2D eigenvalue weighted by Gasteiger charge is -2.16. The van der Waals surface area contributed by atoms with Gasteiger partial charge in [0.05, 0.1) is 18.4 Å². The quantitative estimate of drug-likeness (QED) is 0.596. The van der Waals surface area contributed by atoms with Crippen LogP contribution in [0.1, 0.15) is 46.2 Å². The molecule has 1 aliphatic heterocycles. The Morgan fingerprint density at radius 2 is 1.88 bits per heavy atom. The van der Waals surface area contributed by atoms with Gasteiger partial charge in [-0.15, -0.1) is 0 Å². The Balaban J connectivity index is 1.34. The molecule has 170 valence electrons. The van der Waals surface area contributed by atoms with Crippen molar-refractivity contribution in [2.45, 2.75) is 32.1 Å². The van der Waals surface area contributed by atoms with Gasteiger partial charge >= 0.3 is 0 Å². The van der Waals surface area contributed by atoms with Crippen molar-refractivity contribution in [3.63, 3.8) is 0 Å². The Morgan fingerprint density at radius 3 is 2.58 bits per heavy atom. The van der Waals surface area contributed by atoms with Crippen LogP contribution >= 0.6 is 0 Å². The molecular formula is C26H28N4O3. The number of nitrogens with one attached hydrogen (secondary N) is 1. The summed E-state index contributed by atoms with van der Waals surface area (Å²) in [4.78, 5) is 36.3. The van der Waals surface area contributed by atoms with Crippen molar-refractivity contribution in [1.29, 1.82) is 0 Å². The molecule has 4 rings (SSSR count). The van der Waals surface area contributed by atoms with Crippen LogP contribution in [0.5, 0.6) is 5.75 Å². The molecule has 1 unspecified atom stereocenters. The maximum atomic E-state index is 12.7. The van der Waals surface area contributed by atoms with Crippen LogP contribution in [0.4, 0.5) is 5.69 Å². The Morgan fingerprint density at radius 1 is 1.12 bits per heavy atom. The molecule has 0 aliphatic carbocycles. The van der Waals surface area contributed by atoms with Gasteiger partial charge in [-0.2, -0.15) is 0 Å². The number of hydrogen-bond acceptors (Lipinski definition) is 5. The third kappa shape index (κ3) is 5.55. The number of aromatic nitrogens is 2. The first-order chi connectivity index (χ1) is 16.0. The number of carbonyl (C=O) groups excluding carboxylic acids is 2. The second kappa shape index (κ2) is 10.3. The molecule has 2 amide bonds. The first-order valence-electron chi connectivity index (χ1n) is 11.1. The Kier molecular flexibility index (Phi) is 6.98. The predicted molar refractivity (Wildman–Crippen MR) is 126 cm³/mol. The molecule has 0 saturated carbocycles. The van der Waals surface area contributed by atoms with Gasteiger partial charge in [-0.05, 0) is 49.6 Å². The minimum Gasteiger partial charge on any atom is -0.497 e. The van der Waals surface area contributed by atoms with E-state index in [2.05, 4.69) is 15.3 Å². The van der Waals surface area contributed by atoms with E-state index in [0.29, 0.717) is 42.3 Å². The number of hydrogen-bond donors (Lipinski definition) is 1. The van der Waals surface area contributed by atoms with Gasteiger partial charge in [-0.3, -0.25) is 9.59 Å². The lowest BCUT2D eigenvalue weighted by Crippen LogP contribution is -2.28. The molecule has 0 radical (unpaired) electrons. The number of anilines is 1. The average Bonchev–Trinajstić information content (AvgIpc) is 3.34. The lowest BCUT2D eigenvalue weighted by molar-refractivity contribution is -0.130. The first-order valence-corrected chi connectivity index (χ1v) is 11.1. The molecule has 3 aromatic rings. The van der Waals surface area contributed by atoms with E-state index >= 15 is 0 Å². The molecule has 0 spiro atoms. The van der Waals surface area contributed by atoms with E-state index in [1.807, 2.05) is 42.2 Å². The summed E-state index contributed by atoms with van der Waals surface area (Å²) in [6.45, 7) is 3.14. The summed E-state index contributed by atoms with van der Waals surface area (Å²) in [5, 5.41) is 2.86. The van der Waals surface area contributed by atoms with Crippen LogP contribution in [0, 0.1) is 6.92 Å². The molecule has 1 N–H and O–H groups in total. The summed E-state index contributed by atoms with van der Waals surface area (Å²) in [5.41, 5.74) is 2.90. The second-order valence-corrected chi connectivity index (χ2v) is 8.22. The number of amides is 2. The van der Waals surface area contributed by atoms with Crippen molar-refractivity contribution in [1.82, 2.24) is 14.9 Å². The molecule has 1 atom stereocenters. The molecule has 7 heteroatoms. The average molecular weight is 445 g/mol. The Bertz CT molecular complexity index is 1120. The highest BCUT2D eigenvalue weighted by molar-refractivity contribution is 6.04. The minimum absolute atomic E-state index is 0.0862. The lowest BCUT2D eigenvalue weighted by atomic mass is 10.1. The fourth-order valence-electron chi connectivity index (χ4n) is 4.03. The molecule has 1 aliphatic rings. The third-order valence-electron chi connectivity index (χ3n) is 5.97. The second-order valence-electron chi connectivity index (χ2n) is 8.22. The molecule has 33 heavy (non-hydrogen) atoms. The van der Waals surface area contributed by atoms with Crippen LogP contribution < -0.4 is 10.1 Å². The highest BCUT2D eigenvalue weighted by Gasteiger charge is 2.29. The SMILES string of the molecule is COc1ccc(NC(=O)c2cnc(C3CCN(C(=O)CCc4ccccc4)C3)nc2C)cc1. The van der Waals surface area contributed by atoms with Gasteiger partial charge in [0.1, 0.15) is 11.6 Å². The number of benzene rings is 2. The normalized spacial score (nSPS) is 15.3. The fourth-order valence-corrected chi connectivity index (χ4v) is 4.03. The van der Waals surface area contributed by atoms with Crippen molar-refractivity contribution in [2.75, 3.05) is 25.5 Å². The van der Waals surface area contributed by atoms with Gasteiger partial charge in [-0.1, -0.05) is 30.3 Å². The number of carbonyl (C=O) groups is 2. The van der Waals surface area contributed by atoms with Crippen molar-refractivity contribution < 1.29 is 14.3 Å². The fraction of sp³-hybridized carbons (Fsp3) is 0.308. The van der Waals surface area contributed by atoms with E-state index < -0.39 is 0 Å². The van der Waals surface area contributed by atoms with Gasteiger partial charge in [0.25, 0.3) is 5.91 Å². The molecule has 2 aromatic carbocycles. The van der Waals surface area contributed by atoms with Crippen molar-refractivity contribution >= 4 is 17.5 Å². The largest absolute Gasteiger partial charge is 0.497 e. The summed E-state index contributed by atoms with van der Waals surface area (Å²) in [5.74, 6) is 1.40. The molecule has 7 nitrogen and oxygen atoms in total. The summed E-state index contributed by atoms with van der Waals surface area (Å²) in [7, 11) is 1.60. The van der Waals surface area contributed by atoms with E-state index in [-0.39, 0.29) is 17.7 Å². The minimum atomic E-state index is -0.256. The van der Waals surface area contributed by atoms with Crippen LogP contribution in [-0.2, 0) is 11.2 Å². The zero-order chi connectivity index (χ0) is 23.2. The number of methoxy groups -OCH3 is 1. The van der Waals surface area contributed by atoms with Gasteiger partial charge < -0.3 is 15.0 Å². The standard InChI is InChI=1S/C26H28N4O3/c1-18-23(26(32)29-21-9-11-22(33-2)12-10-21)16-27-25(28-18)20-14-15-30(17-20)24(31)13-8-19-6-4-3-5-7-19/h3-7,9-12,16,20H,8,13-15,17H2,1-2H3,(H,29,32). The highest BCUT2D eigenvalue weighted by atomic mass is 16.5. The summed E-state index contributed by atoms with van der Waals surface area (Å²) < 4.78 is 5.14. The maximum Gasteiger partial charge on any atom is 0.259 e. The van der Waals surface area contributed by atoms with Crippen LogP contribution in [0.25, 0.3) is 0 Å². The van der Waals surface area contributed by atoms with Crippen molar-refractivity contribution in [2.24, 2.45) is 0 Å². The highest BCUT2D eigenvalue weighted by Crippen LogP contribution is 2.26. The molecule has 1 saturated heterocycles. The van der Waals surface area contributed by atoms with E-state index in [0.717, 1.165) is 18.6 Å². The zero-order valence-corrected chi connectivity index (χ0v) is 19.0. The Hall–Kier alpha value is -3.74. The topological polar surface area (TPSA) is 84.4 Å². The predicted octanol–water partition coefficient (Wildman–Crippen LogP) is 3.99.